The third kappa shape index (κ3) is 3.74. The summed E-state index contributed by atoms with van der Waals surface area (Å²) >= 11 is 0. The van der Waals surface area contributed by atoms with Crippen LogP contribution < -0.4 is 5.32 Å². The molecule has 0 spiro atoms. The molecule has 8 heteroatoms. The van der Waals surface area contributed by atoms with Crippen LogP contribution in [0.1, 0.15) is 47.9 Å². The number of amides is 1. The first kappa shape index (κ1) is 17.4. The summed E-state index contributed by atoms with van der Waals surface area (Å²) in [6.07, 6.45) is 3.61. The first-order chi connectivity index (χ1) is 13.1. The summed E-state index contributed by atoms with van der Waals surface area (Å²) in [4.78, 5) is 14.1. The van der Waals surface area contributed by atoms with Gasteiger partial charge >= 0.3 is 0 Å². The standard InChI is InChI=1S/C19H23N7O/c1-13-12-17(22-25(13)2)19(27)20-15-8-10-16(11-9-15)26-23-18(21-24-26)14-6-4-3-5-7-14/h3-7,12,15-16H,8-11H2,1-2H3,(H,20,27). The maximum Gasteiger partial charge on any atom is 0.272 e. The van der Waals surface area contributed by atoms with Crippen LogP contribution in [0, 0.1) is 6.92 Å². The van der Waals surface area contributed by atoms with Gasteiger partial charge in [-0.05, 0) is 43.9 Å². The monoisotopic (exact) mass is 365 g/mol. The molecule has 1 aliphatic rings. The highest BCUT2D eigenvalue weighted by molar-refractivity contribution is 5.92. The van der Waals surface area contributed by atoms with Crippen LogP contribution in [0.4, 0.5) is 0 Å². The van der Waals surface area contributed by atoms with E-state index in [0.29, 0.717) is 11.5 Å². The van der Waals surface area contributed by atoms with Gasteiger partial charge < -0.3 is 5.32 Å². The van der Waals surface area contributed by atoms with E-state index in [9.17, 15) is 4.79 Å². The van der Waals surface area contributed by atoms with Gasteiger partial charge in [0, 0.05) is 24.3 Å². The molecular weight excluding hydrogens is 342 g/mol. The molecule has 1 amide bonds. The van der Waals surface area contributed by atoms with Gasteiger partial charge in [0.05, 0.1) is 6.04 Å². The Morgan fingerprint density at radius 2 is 1.85 bits per heavy atom. The van der Waals surface area contributed by atoms with E-state index in [1.54, 1.807) is 9.48 Å². The highest BCUT2D eigenvalue weighted by Gasteiger charge is 2.26. The molecule has 0 aliphatic heterocycles. The summed E-state index contributed by atoms with van der Waals surface area (Å²) < 4.78 is 1.71. The Bertz CT molecular complexity index is 903. The molecule has 4 rings (SSSR count). The van der Waals surface area contributed by atoms with Gasteiger partial charge in [-0.15, -0.1) is 10.2 Å². The Hall–Kier alpha value is -3.03. The summed E-state index contributed by atoms with van der Waals surface area (Å²) in [7, 11) is 1.84. The highest BCUT2D eigenvalue weighted by Crippen LogP contribution is 2.28. The van der Waals surface area contributed by atoms with Crippen molar-refractivity contribution >= 4 is 5.91 Å². The predicted octanol–water partition coefficient (Wildman–Crippen LogP) is 2.30. The average Bonchev–Trinajstić information content (AvgIpc) is 3.31. The van der Waals surface area contributed by atoms with E-state index in [4.69, 9.17) is 0 Å². The lowest BCUT2D eigenvalue weighted by molar-refractivity contribution is 0.0914. The summed E-state index contributed by atoms with van der Waals surface area (Å²) in [6, 6.07) is 12.1. The molecule has 1 fully saturated rings. The lowest BCUT2D eigenvalue weighted by atomic mass is 9.91. The number of hydrogen-bond donors (Lipinski definition) is 1. The van der Waals surface area contributed by atoms with Gasteiger partial charge in [-0.3, -0.25) is 9.48 Å². The van der Waals surface area contributed by atoms with Crippen LogP contribution in [-0.4, -0.2) is 41.9 Å². The molecule has 140 valence electrons. The van der Waals surface area contributed by atoms with Gasteiger partial charge in [0.15, 0.2) is 0 Å². The maximum absolute atomic E-state index is 12.4. The number of benzene rings is 1. The van der Waals surface area contributed by atoms with Crippen molar-refractivity contribution in [2.75, 3.05) is 0 Å². The van der Waals surface area contributed by atoms with Crippen LogP contribution in [0.3, 0.4) is 0 Å². The van der Waals surface area contributed by atoms with Crippen LogP contribution in [0.2, 0.25) is 0 Å². The summed E-state index contributed by atoms with van der Waals surface area (Å²) in [5.74, 6) is 0.545. The molecular formula is C19H23N7O. The molecule has 2 aromatic heterocycles. The Balaban J connectivity index is 1.34. The number of hydrogen-bond acceptors (Lipinski definition) is 5. The number of nitrogens with one attached hydrogen (secondary N) is 1. The molecule has 3 aromatic rings. The quantitative estimate of drug-likeness (QED) is 0.766. The lowest BCUT2D eigenvalue weighted by Crippen LogP contribution is -2.38. The minimum Gasteiger partial charge on any atom is -0.348 e. The molecule has 0 saturated heterocycles. The van der Waals surface area contributed by atoms with Crippen LogP contribution in [-0.2, 0) is 7.05 Å². The zero-order valence-electron chi connectivity index (χ0n) is 15.5. The molecule has 1 aliphatic carbocycles. The van der Waals surface area contributed by atoms with Crippen LogP contribution >= 0.6 is 0 Å². The molecule has 0 bridgehead atoms. The summed E-state index contributed by atoms with van der Waals surface area (Å²) in [5, 5.41) is 20.3. The van der Waals surface area contributed by atoms with Crippen molar-refractivity contribution < 1.29 is 4.79 Å². The van der Waals surface area contributed by atoms with E-state index >= 15 is 0 Å². The molecule has 1 saturated carbocycles. The van der Waals surface area contributed by atoms with Crippen molar-refractivity contribution in [2.24, 2.45) is 7.05 Å². The Labute approximate surface area is 157 Å². The molecule has 1 aromatic carbocycles. The van der Waals surface area contributed by atoms with Crippen molar-refractivity contribution in [3.63, 3.8) is 0 Å². The molecule has 0 radical (unpaired) electrons. The number of nitrogens with zero attached hydrogens (tertiary/aromatic N) is 6. The molecule has 27 heavy (non-hydrogen) atoms. The second kappa shape index (κ2) is 7.30. The van der Waals surface area contributed by atoms with E-state index in [-0.39, 0.29) is 18.0 Å². The van der Waals surface area contributed by atoms with Gasteiger partial charge in [-0.25, -0.2) is 0 Å². The van der Waals surface area contributed by atoms with Crippen LogP contribution in [0.25, 0.3) is 11.4 Å². The fourth-order valence-electron chi connectivity index (χ4n) is 3.46. The molecule has 0 unspecified atom stereocenters. The topological polar surface area (TPSA) is 90.5 Å². The number of rotatable bonds is 4. The van der Waals surface area contributed by atoms with E-state index in [1.165, 1.54) is 0 Å². The second-order valence-corrected chi connectivity index (χ2v) is 7.07. The minimum absolute atomic E-state index is 0.104. The van der Waals surface area contributed by atoms with E-state index in [0.717, 1.165) is 36.9 Å². The van der Waals surface area contributed by atoms with E-state index in [2.05, 4.69) is 25.8 Å². The smallest absolute Gasteiger partial charge is 0.272 e. The van der Waals surface area contributed by atoms with Crippen molar-refractivity contribution in [3.8, 4) is 11.4 Å². The highest BCUT2D eigenvalue weighted by atomic mass is 16.2. The van der Waals surface area contributed by atoms with Crippen molar-refractivity contribution in [3.05, 3.63) is 47.8 Å². The fourth-order valence-corrected chi connectivity index (χ4v) is 3.46. The average molecular weight is 365 g/mol. The van der Waals surface area contributed by atoms with Crippen molar-refractivity contribution in [2.45, 2.75) is 44.7 Å². The summed E-state index contributed by atoms with van der Waals surface area (Å²) in [6.45, 7) is 1.93. The number of carbonyl (C=O) groups excluding carboxylic acids is 1. The van der Waals surface area contributed by atoms with Crippen LogP contribution in [0.5, 0.6) is 0 Å². The van der Waals surface area contributed by atoms with Gasteiger partial charge in [0.25, 0.3) is 5.91 Å². The van der Waals surface area contributed by atoms with E-state index < -0.39 is 0 Å². The maximum atomic E-state index is 12.4. The minimum atomic E-state index is -0.104. The molecule has 8 nitrogen and oxygen atoms in total. The van der Waals surface area contributed by atoms with Gasteiger partial charge in [0.2, 0.25) is 5.82 Å². The Morgan fingerprint density at radius 3 is 2.52 bits per heavy atom. The first-order valence-electron chi connectivity index (χ1n) is 9.26. The molecule has 2 heterocycles. The SMILES string of the molecule is Cc1cc(C(=O)NC2CCC(n3nnc(-c4ccccc4)n3)CC2)nn1C. The third-order valence-electron chi connectivity index (χ3n) is 5.17. The van der Waals surface area contributed by atoms with Gasteiger partial charge in [-0.2, -0.15) is 9.90 Å². The van der Waals surface area contributed by atoms with Gasteiger partial charge in [-0.1, -0.05) is 30.3 Å². The summed E-state index contributed by atoms with van der Waals surface area (Å²) in [5.41, 5.74) is 2.41. The predicted molar refractivity (Wildman–Crippen MR) is 100.0 cm³/mol. The molecule has 1 N–H and O–H groups in total. The fraction of sp³-hybridized carbons (Fsp3) is 0.421. The molecule has 0 atom stereocenters. The number of tetrazole rings is 1. The zero-order valence-corrected chi connectivity index (χ0v) is 15.5. The Morgan fingerprint density at radius 1 is 1.11 bits per heavy atom. The number of aryl methyl sites for hydroxylation is 2. The normalized spacial score (nSPS) is 19.8. The van der Waals surface area contributed by atoms with Crippen molar-refractivity contribution in [1.29, 1.82) is 0 Å². The van der Waals surface area contributed by atoms with Crippen molar-refractivity contribution in [1.82, 2.24) is 35.3 Å². The number of aromatic nitrogens is 6. The number of carbonyl (C=O) groups is 1. The second-order valence-electron chi connectivity index (χ2n) is 7.07. The van der Waals surface area contributed by atoms with Gasteiger partial charge in [0.1, 0.15) is 5.69 Å². The Kier molecular flexibility index (Phi) is 4.70. The van der Waals surface area contributed by atoms with Crippen LogP contribution in [0.15, 0.2) is 36.4 Å². The first-order valence-corrected chi connectivity index (χ1v) is 9.26. The third-order valence-corrected chi connectivity index (χ3v) is 5.17. The lowest BCUT2D eigenvalue weighted by Gasteiger charge is -2.27. The van der Waals surface area contributed by atoms with E-state index in [1.807, 2.05) is 50.4 Å². The zero-order chi connectivity index (χ0) is 18.8. The largest absolute Gasteiger partial charge is 0.348 e.